The predicted octanol–water partition coefficient (Wildman–Crippen LogP) is 1.00. The van der Waals surface area contributed by atoms with Gasteiger partial charge in [0.2, 0.25) is 0 Å². The zero-order valence-corrected chi connectivity index (χ0v) is 9.38. The Morgan fingerprint density at radius 1 is 1.41 bits per heavy atom. The summed E-state index contributed by atoms with van der Waals surface area (Å²) in [7, 11) is 0. The lowest BCUT2D eigenvalue weighted by Gasteiger charge is -2.15. The molecule has 1 aliphatic heterocycles. The van der Waals surface area contributed by atoms with E-state index in [4.69, 9.17) is 5.73 Å². The molecule has 17 heavy (non-hydrogen) atoms. The van der Waals surface area contributed by atoms with Gasteiger partial charge in [-0.3, -0.25) is 4.79 Å². The fourth-order valence-corrected chi connectivity index (χ4v) is 1.95. The molecule has 0 radical (unpaired) electrons. The van der Waals surface area contributed by atoms with E-state index in [2.05, 4.69) is 20.3 Å². The standard InChI is InChI=1S/C10H10N6O/c1-10(2)6-7(13-15-10)8(11)14-16-5(17)3-4-12-9(6)16/h3-4H,1-2H3,(H2,11,14). The first-order chi connectivity index (χ1) is 8.00. The Kier molecular flexibility index (Phi) is 1.67. The van der Waals surface area contributed by atoms with Crippen LogP contribution in [0.4, 0.5) is 11.5 Å². The number of nitrogen functional groups attached to an aromatic ring is 1. The highest BCUT2D eigenvalue weighted by atomic mass is 16.1. The van der Waals surface area contributed by atoms with Crippen LogP contribution in [0.2, 0.25) is 0 Å². The van der Waals surface area contributed by atoms with E-state index < -0.39 is 5.54 Å². The van der Waals surface area contributed by atoms with Crippen LogP contribution in [0.1, 0.15) is 19.4 Å². The SMILES string of the molecule is CC1(C)N=Nc2c(N)nn3c(=O)ccnc3c21. The van der Waals surface area contributed by atoms with E-state index in [0.29, 0.717) is 11.3 Å². The molecule has 0 bridgehead atoms. The van der Waals surface area contributed by atoms with E-state index in [1.54, 1.807) is 0 Å². The molecule has 7 heteroatoms. The summed E-state index contributed by atoms with van der Waals surface area (Å²) in [5.41, 5.74) is 6.66. The molecule has 0 aliphatic carbocycles. The van der Waals surface area contributed by atoms with Gasteiger partial charge >= 0.3 is 0 Å². The summed E-state index contributed by atoms with van der Waals surface area (Å²) < 4.78 is 1.19. The van der Waals surface area contributed by atoms with Crippen molar-refractivity contribution in [1.82, 2.24) is 14.6 Å². The van der Waals surface area contributed by atoms with Crippen molar-refractivity contribution >= 4 is 17.2 Å². The van der Waals surface area contributed by atoms with Crippen molar-refractivity contribution < 1.29 is 0 Å². The molecule has 0 amide bonds. The highest BCUT2D eigenvalue weighted by Gasteiger charge is 2.34. The average molecular weight is 230 g/mol. The van der Waals surface area contributed by atoms with Gasteiger partial charge < -0.3 is 5.73 Å². The topological polar surface area (TPSA) is 98.0 Å². The number of anilines is 1. The third kappa shape index (κ3) is 1.19. The summed E-state index contributed by atoms with van der Waals surface area (Å²) in [5.74, 6) is 0.192. The molecule has 0 aromatic carbocycles. The van der Waals surface area contributed by atoms with Gasteiger partial charge in [-0.25, -0.2) is 4.98 Å². The number of hydrogen-bond acceptors (Lipinski definition) is 6. The Hall–Kier alpha value is -2.31. The molecule has 0 spiro atoms. The summed E-state index contributed by atoms with van der Waals surface area (Å²) in [6.45, 7) is 3.78. The van der Waals surface area contributed by atoms with Gasteiger partial charge in [0.1, 0.15) is 11.2 Å². The molecule has 2 N–H and O–H groups in total. The number of fused-ring (bicyclic) bond motifs is 3. The van der Waals surface area contributed by atoms with Crippen LogP contribution < -0.4 is 11.3 Å². The maximum absolute atomic E-state index is 11.7. The maximum Gasteiger partial charge on any atom is 0.274 e. The Bertz CT molecular complexity index is 715. The zero-order chi connectivity index (χ0) is 12.2. The molecule has 0 atom stereocenters. The first kappa shape index (κ1) is 9.88. The monoisotopic (exact) mass is 230 g/mol. The van der Waals surface area contributed by atoms with Crippen LogP contribution in [0.5, 0.6) is 0 Å². The largest absolute Gasteiger partial charge is 0.380 e. The minimum atomic E-state index is -0.543. The molecule has 0 saturated heterocycles. The lowest BCUT2D eigenvalue weighted by molar-refractivity contribution is 0.555. The molecule has 1 aliphatic rings. The molecule has 3 rings (SSSR count). The number of nitrogens with zero attached hydrogens (tertiary/aromatic N) is 5. The molecule has 2 aromatic heterocycles. The van der Waals surface area contributed by atoms with Crippen LogP contribution in [0.15, 0.2) is 27.3 Å². The Morgan fingerprint density at radius 2 is 2.18 bits per heavy atom. The Labute approximate surface area is 96.0 Å². The molecular weight excluding hydrogens is 220 g/mol. The fourth-order valence-electron chi connectivity index (χ4n) is 1.95. The average Bonchev–Trinajstić information content (AvgIpc) is 2.58. The van der Waals surface area contributed by atoms with E-state index in [1.165, 1.54) is 16.8 Å². The lowest BCUT2D eigenvalue weighted by Crippen LogP contribution is -2.22. The van der Waals surface area contributed by atoms with Crippen molar-refractivity contribution in [2.24, 2.45) is 10.2 Å². The lowest BCUT2D eigenvalue weighted by atomic mass is 9.96. The van der Waals surface area contributed by atoms with Crippen LogP contribution in [0.3, 0.4) is 0 Å². The first-order valence-corrected chi connectivity index (χ1v) is 5.11. The summed E-state index contributed by atoms with van der Waals surface area (Å²) in [5, 5.41) is 12.1. The van der Waals surface area contributed by atoms with Gasteiger partial charge in [0.25, 0.3) is 5.56 Å². The zero-order valence-electron chi connectivity index (χ0n) is 9.38. The van der Waals surface area contributed by atoms with Crippen LogP contribution >= 0.6 is 0 Å². The molecule has 0 unspecified atom stereocenters. The van der Waals surface area contributed by atoms with Crippen molar-refractivity contribution in [3.8, 4) is 0 Å². The molecule has 7 nitrogen and oxygen atoms in total. The number of nitrogens with two attached hydrogens (primary N) is 1. The van der Waals surface area contributed by atoms with Crippen LogP contribution in [0, 0.1) is 0 Å². The quantitative estimate of drug-likeness (QED) is 0.729. The van der Waals surface area contributed by atoms with Crippen molar-refractivity contribution in [2.75, 3.05) is 5.73 Å². The van der Waals surface area contributed by atoms with Gasteiger partial charge in [0.05, 0.1) is 5.56 Å². The van der Waals surface area contributed by atoms with Gasteiger partial charge in [-0.05, 0) is 13.8 Å². The Morgan fingerprint density at radius 3 is 2.94 bits per heavy atom. The second kappa shape index (κ2) is 2.88. The smallest absolute Gasteiger partial charge is 0.274 e. The van der Waals surface area contributed by atoms with E-state index in [1.807, 2.05) is 13.8 Å². The highest BCUT2D eigenvalue weighted by Crippen LogP contribution is 2.43. The second-order valence-corrected chi connectivity index (χ2v) is 4.39. The fraction of sp³-hybridized carbons (Fsp3) is 0.300. The van der Waals surface area contributed by atoms with E-state index in [9.17, 15) is 4.79 Å². The number of aromatic nitrogens is 3. The van der Waals surface area contributed by atoms with Gasteiger partial charge in [0.15, 0.2) is 11.5 Å². The highest BCUT2D eigenvalue weighted by molar-refractivity contribution is 5.73. The van der Waals surface area contributed by atoms with Gasteiger partial charge in [-0.1, -0.05) is 0 Å². The molecule has 0 saturated carbocycles. The summed E-state index contributed by atoms with van der Waals surface area (Å²) in [6.07, 6.45) is 1.45. The Balaban J connectivity index is 2.57. The van der Waals surface area contributed by atoms with Gasteiger partial charge in [-0.2, -0.15) is 14.7 Å². The third-order valence-electron chi connectivity index (χ3n) is 2.75. The predicted molar refractivity (Wildman–Crippen MR) is 61.2 cm³/mol. The normalized spacial score (nSPS) is 16.4. The number of azo groups is 1. The summed E-state index contributed by atoms with van der Waals surface area (Å²) >= 11 is 0. The number of hydrogen-bond donors (Lipinski definition) is 1. The minimum Gasteiger partial charge on any atom is -0.380 e. The molecule has 2 aromatic rings. The maximum atomic E-state index is 11.7. The van der Waals surface area contributed by atoms with Crippen molar-refractivity contribution in [2.45, 2.75) is 19.4 Å². The van der Waals surface area contributed by atoms with Crippen LogP contribution in [0.25, 0.3) is 5.65 Å². The van der Waals surface area contributed by atoms with E-state index in [0.717, 1.165) is 5.56 Å². The second-order valence-electron chi connectivity index (χ2n) is 4.39. The van der Waals surface area contributed by atoms with Crippen molar-refractivity contribution in [3.05, 3.63) is 28.2 Å². The van der Waals surface area contributed by atoms with Crippen LogP contribution in [-0.4, -0.2) is 14.6 Å². The van der Waals surface area contributed by atoms with Gasteiger partial charge in [-0.15, -0.1) is 5.10 Å². The van der Waals surface area contributed by atoms with E-state index in [-0.39, 0.29) is 11.4 Å². The molecule has 86 valence electrons. The third-order valence-corrected chi connectivity index (χ3v) is 2.75. The minimum absolute atomic E-state index is 0.192. The summed E-state index contributed by atoms with van der Waals surface area (Å²) in [4.78, 5) is 15.9. The summed E-state index contributed by atoms with van der Waals surface area (Å²) in [6, 6.07) is 1.34. The molecule has 3 heterocycles. The van der Waals surface area contributed by atoms with Crippen molar-refractivity contribution in [1.29, 1.82) is 0 Å². The van der Waals surface area contributed by atoms with Crippen molar-refractivity contribution in [3.63, 3.8) is 0 Å². The molecule has 0 fully saturated rings. The number of rotatable bonds is 0. The first-order valence-electron chi connectivity index (χ1n) is 5.11. The van der Waals surface area contributed by atoms with Crippen LogP contribution in [-0.2, 0) is 5.54 Å². The van der Waals surface area contributed by atoms with E-state index >= 15 is 0 Å². The molecular formula is C10H10N6O. The van der Waals surface area contributed by atoms with Gasteiger partial charge in [0, 0.05) is 12.3 Å².